The number of nitrogens with one attached hydrogen (secondary N) is 4. The maximum atomic E-state index is 12.9. The van der Waals surface area contributed by atoms with Crippen LogP contribution in [0.3, 0.4) is 0 Å². The van der Waals surface area contributed by atoms with Crippen LogP contribution in [-0.2, 0) is 17.6 Å². The van der Waals surface area contributed by atoms with Gasteiger partial charge in [0.05, 0.1) is 22.4 Å². The molecule has 3 aromatic heterocycles. The molecule has 2 amide bonds. The summed E-state index contributed by atoms with van der Waals surface area (Å²) in [6.07, 6.45) is 17.0. The van der Waals surface area contributed by atoms with Crippen LogP contribution in [0.1, 0.15) is 114 Å². The fraction of sp³-hybridized carbons (Fsp3) is 0.344. The molecule has 0 saturated carbocycles. The second-order valence-corrected chi connectivity index (χ2v) is 21.6. The monoisotopic (exact) mass is 1040 g/mol. The van der Waals surface area contributed by atoms with Gasteiger partial charge in [0.1, 0.15) is 0 Å². The van der Waals surface area contributed by atoms with Crippen molar-refractivity contribution >= 4 is 46.1 Å². The smallest absolute Gasteiger partial charge is 0.255 e. The molecule has 5 heterocycles. The van der Waals surface area contributed by atoms with E-state index in [9.17, 15) is 9.59 Å². The third-order valence-electron chi connectivity index (χ3n) is 15.5. The highest BCUT2D eigenvalue weighted by Crippen LogP contribution is 2.43. The number of hydrogen-bond acceptors (Lipinski definition) is 12. The van der Waals surface area contributed by atoms with E-state index in [1.54, 1.807) is 24.5 Å². The molecular weight excluding hydrogens is 969 g/mol. The van der Waals surface area contributed by atoms with Crippen LogP contribution in [0, 0.1) is 5.92 Å². The van der Waals surface area contributed by atoms with Crippen molar-refractivity contribution in [1.29, 1.82) is 0 Å². The Kier molecular flexibility index (Phi) is 16.4. The summed E-state index contributed by atoms with van der Waals surface area (Å²) in [4.78, 5) is 57.9. The van der Waals surface area contributed by atoms with E-state index in [0.717, 1.165) is 91.3 Å². The quantitative estimate of drug-likeness (QED) is 0.0639. The lowest BCUT2D eigenvalue weighted by Crippen LogP contribution is -2.22. The number of anilines is 4. The van der Waals surface area contributed by atoms with E-state index < -0.39 is 0 Å². The van der Waals surface area contributed by atoms with Crippen molar-refractivity contribution in [2.24, 2.45) is 5.92 Å². The highest BCUT2D eigenvalue weighted by Gasteiger charge is 2.29. The van der Waals surface area contributed by atoms with Gasteiger partial charge in [-0.15, -0.1) is 0 Å². The molecule has 78 heavy (non-hydrogen) atoms. The lowest BCUT2D eigenvalue weighted by atomic mass is 9.78. The van der Waals surface area contributed by atoms with E-state index in [4.69, 9.17) is 9.97 Å². The average molecular weight is 1040 g/mol. The third kappa shape index (κ3) is 12.6. The van der Waals surface area contributed by atoms with Gasteiger partial charge in [-0.05, 0) is 172 Å². The Balaban J connectivity index is 0.000000168. The standard InChI is InChI=1S/C34H33N7O.C30H37N5O/c42-33(24-10-13-30-31(21-24)36-16-15-35-30)39-26-11-8-23(9-12-26)29-20-25-22-38-34(37-14-5-19-41-17-3-4-18-41)40-32(25)28-7-2-1-6-27(28)29;1-21(2)18-28(36)33-24-12-10-22(11-13-24)27-19-23-20-32-30(31-14-7-17-35-15-5-6-16-35)34-29(23)26-9-4-3-8-25(26)27/h1-2,6-13,15-16,21-22,29H,3-5,14,17-20H2,(H,39,42)(H,37,38,40);3-4,8-13,20-21,27H,5-7,14-19H2,1-2H3,(H,33,36)(H,31,32,34). The molecule has 2 unspecified atom stereocenters. The summed E-state index contributed by atoms with van der Waals surface area (Å²) in [5.74, 6) is 2.05. The second kappa shape index (κ2) is 24.6. The molecule has 2 aliphatic carbocycles. The summed E-state index contributed by atoms with van der Waals surface area (Å²) < 4.78 is 0. The van der Waals surface area contributed by atoms with E-state index in [-0.39, 0.29) is 23.7 Å². The first-order valence-corrected chi connectivity index (χ1v) is 28.1. The highest BCUT2D eigenvalue weighted by molar-refractivity contribution is 6.06. The van der Waals surface area contributed by atoms with Crippen molar-refractivity contribution in [2.45, 2.75) is 83.5 Å². The van der Waals surface area contributed by atoms with Crippen molar-refractivity contribution in [3.8, 4) is 22.5 Å². The number of rotatable bonds is 17. The number of aromatic nitrogens is 6. The first-order chi connectivity index (χ1) is 38.3. The van der Waals surface area contributed by atoms with Gasteiger partial charge < -0.3 is 31.1 Å². The number of hydrogen-bond donors (Lipinski definition) is 4. The zero-order valence-corrected chi connectivity index (χ0v) is 44.9. The molecule has 4 aliphatic rings. The van der Waals surface area contributed by atoms with Crippen molar-refractivity contribution in [1.82, 2.24) is 39.7 Å². The zero-order chi connectivity index (χ0) is 53.2. The topological polar surface area (TPSA) is 166 Å². The molecule has 2 aliphatic heterocycles. The van der Waals surface area contributed by atoms with Gasteiger partial charge in [0, 0.05) is 84.2 Å². The fourth-order valence-corrected chi connectivity index (χ4v) is 11.5. The van der Waals surface area contributed by atoms with E-state index in [2.05, 4.69) is 138 Å². The van der Waals surface area contributed by atoms with Crippen LogP contribution < -0.4 is 21.3 Å². The van der Waals surface area contributed by atoms with Gasteiger partial charge in [-0.25, -0.2) is 19.9 Å². The van der Waals surface area contributed by atoms with Crippen LogP contribution in [0.2, 0.25) is 0 Å². The molecule has 14 heteroatoms. The summed E-state index contributed by atoms with van der Waals surface area (Å²) in [5, 5.41) is 12.9. The van der Waals surface area contributed by atoms with Crippen molar-refractivity contribution in [3.05, 3.63) is 179 Å². The van der Waals surface area contributed by atoms with E-state index in [1.807, 2.05) is 42.7 Å². The minimum atomic E-state index is -0.176. The van der Waals surface area contributed by atoms with Gasteiger partial charge in [0.15, 0.2) is 0 Å². The SMILES string of the molecule is CC(C)CC(=O)Nc1ccc(C2Cc3cnc(NCCCN4CCCC4)nc3-c3ccccc32)cc1.O=C(Nc1ccc(C2Cc3cnc(NCCCN4CCCC4)nc3-c3ccccc32)cc1)c1ccc2nccnc2c1. The molecule has 0 spiro atoms. The molecule has 398 valence electrons. The van der Waals surface area contributed by atoms with Crippen LogP contribution in [-0.4, -0.2) is 104 Å². The minimum absolute atomic E-state index is 0.0623. The van der Waals surface area contributed by atoms with Crippen LogP contribution in [0.25, 0.3) is 33.5 Å². The first kappa shape index (κ1) is 52.1. The molecule has 2 fully saturated rings. The summed E-state index contributed by atoms with van der Waals surface area (Å²) in [5.41, 5.74) is 15.3. The lowest BCUT2D eigenvalue weighted by Gasteiger charge is -2.27. The predicted octanol–water partition coefficient (Wildman–Crippen LogP) is 11.6. The summed E-state index contributed by atoms with van der Waals surface area (Å²) in [6.45, 7) is 13.1. The number of carbonyl (C=O) groups is 2. The van der Waals surface area contributed by atoms with E-state index >= 15 is 0 Å². The first-order valence-electron chi connectivity index (χ1n) is 28.1. The average Bonchev–Trinajstić information content (AvgIpc) is 4.28. The third-order valence-corrected chi connectivity index (χ3v) is 15.5. The van der Waals surface area contributed by atoms with Crippen LogP contribution in [0.15, 0.2) is 140 Å². The van der Waals surface area contributed by atoms with Crippen LogP contribution >= 0.6 is 0 Å². The zero-order valence-electron chi connectivity index (χ0n) is 44.9. The number of benzene rings is 5. The fourth-order valence-electron chi connectivity index (χ4n) is 11.5. The van der Waals surface area contributed by atoms with E-state index in [1.165, 1.54) is 85.2 Å². The van der Waals surface area contributed by atoms with Crippen molar-refractivity contribution in [2.75, 3.05) is 73.6 Å². The van der Waals surface area contributed by atoms with E-state index in [0.29, 0.717) is 35.3 Å². The van der Waals surface area contributed by atoms with Crippen LogP contribution in [0.4, 0.5) is 23.3 Å². The van der Waals surface area contributed by atoms with Gasteiger partial charge in [-0.3, -0.25) is 19.6 Å². The maximum Gasteiger partial charge on any atom is 0.255 e. The Morgan fingerprint density at radius 2 is 1.05 bits per heavy atom. The lowest BCUT2D eigenvalue weighted by molar-refractivity contribution is -0.116. The summed E-state index contributed by atoms with van der Waals surface area (Å²) >= 11 is 0. The molecule has 0 bridgehead atoms. The van der Waals surface area contributed by atoms with Gasteiger partial charge >= 0.3 is 0 Å². The summed E-state index contributed by atoms with van der Waals surface area (Å²) in [6, 6.07) is 38.9. The number of fused-ring (bicyclic) bond motifs is 7. The van der Waals surface area contributed by atoms with Gasteiger partial charge in [0.25, 0.3) is 5.91 Å². The Bertz CT molecular complexity index is 3350. The van der Waals surface area contributed by atoms with Gasteiger partial charge in [0.2, 0.25) is 17.8 Å². The van der Waals surface area contributed by atoms with Gasteiger partial charge in [-0.1, -0.05) is 86.6 Å². The predicted molar refractivity (Wildman–Crippen MR) is 312 cm³/mol. The normalized spacial score (nSPS) is 16.6. The number of carbonyl (C=O) groups excluding carboxylic acids is 2. The molecular formula is C64H70N12O2. The molecule has 14 nitrogen and oxygen atoms in total. The number of likely N-dealkylation sites (tertiary alicyclic amines) is 2. The Hall–Kier alpha value is -7.94. The Labute approximate surface area is 458 Å². The minimum Gasteiger partial charge on any atom is -0.354 e. The second-order valence-electron chi connectivity index (χ2n) is 21.6. The molecule has 8 aromatic rings. The van der Waals surface area contributed by atoms with Gasteiger partial charge in [-0.2, -0.15) is 0 Å². The van der Waals surface area contributed by atoms with Crippen LogP contribution in [0.5, 0.6) is 0 Å². The largest absolute Gasteiger partial charge is 0.354 e. The van der Waals surface area contributed by atoms with Crippen molar-refractivity contribution in [3.63, 3.8) is 0 Å². The molecule has 5 aromatic carbocycles. The molecule has 2 saturated heterocycles. The Morgan fingerprint density at radius 3 is 1.56 bits per heavy atom. The molecule has 12 rings (SSSR count). The molecule has 2 atom stereocenters. The maximum absolute atomic E-state index is 12.9. The number of amides is 2. The highest BCUT2D eigenvalue weighted by atomic mass is 16.2. The summed E-state index contributed by atoms with van der Waals surface area (Å²) in [7, 11) is 0. The molecule has 0 radical (unpaired) electrons. The number of nitrogens with zero attached hydrogens (tertiary/aromatic N) is 8. The van der Waals surface area contributed by atoms with Crippen molar-refractivity contribution < 1.29 is 9.59 Å². The molecule has 4 N–H and O–H groups in total. The Morgan fingerprint density at radius 1 is 0.564 bits per heavy atom.